The summed E-state index contributed by atoms with van der Waals surface area (Å²) in [5, 5.41) is 9.81. The molecule has 1 aliphatic heterocycles. The first-order valence-electron chi connectivity index (χ1n) is 6.33. The Bertz CT molecular complexity index is 598. The van der Waals surface area contributed by atoms with Crippen molar-refractivity contribution in [1.29, 1.82) is 0 Å². The van der Waals surface area contributed by atoms with Crippen LogP contribution < -0.4 is 15.4 Å². The van der Waals surface area contributed by atoms with E-state index in [2.05, 4.69) is 25.3 Å². The molecule has 2 heterocycles. The molecule has 3 rings (SSSR count). The first-order valence-corrected chi connectivity index (χ1v) is 6.33. The fraction of sp³-hybridized carbons (Fsp3) is 0.308. The highest BCUT2D eigenvalue weighted by atomic mass is 16.5. The molecular formula is C13H14N4O3. The summed E-state index contributed by atoms with van der Waals surface area (Å²) in [6.45, 7) is 1.52. The van der Waals surface area contributed by atoms with E-state index in [1.165, 1.54) is 6.39 Å². The van der Waals surface area contributed by atoms with Crippen molar-refractivity contribution in [2.24, 2.45) is 0 Å². The van der Waals surface area contributed by atoms with Crippen LogP contribution in [0.25, 0.3) is 0 Å². The Labute approximate surface area is 115 Å². The van der Waals surface area contributed by atoms with Crippen molar-refractivity contribution in [3.05, 3.63) is 36.0 Å². The number of carbonyl (C=O) groups is 1. The van der Waals surface area contributed by atoms with Gasteiger partial charge in [-0.3, -0.25) is 4.79 Å². The van der Waals surface area contributed by atoms with E-state index in [1.807, 2.05) is 18.2 Å². The number of nitrogens with zero attached hydrogens (tertiary/aromatic N) is 2. The zero-order valence-corrected chi connectivity index (χ0v) is 10.8. The molecule has 2 aromatic rings. The van der Waals surface area contributed by atoms with Crippen LogP contribution in [0.2, 0.25) is 0 Å². The quantitative estimate of drug-likeness (QED) is 0.781. The maximum Gasteiger partial charge on any atom is 0.262 e. The number of anilines is 1. The monoisotopic (exact) mass is 274 g/mol. The van der Waals surface area contributed by atoms with E-state index in [0.29, 0.717) is 24.5 Å². The van der Waals surface area contributed by atoms with E-state index in [0.717, 1.165) is 17.8 Å². The van der Waals surface area contributed by atoms with E-state index in [9.17, 15) is 4.79 Å². The molecule has 1 aromatic carbocycles. The molecule has 7 nitrogen and oxygen atoms in total. The van der Waals surface area contributed by atoms with Gasteiger partial charge in [0.25, 0.3) is 5.91 Å². The fourth-order valence-electron chi connectivity index (χ4n) is 1.98. The van der Waals surface area contributed by atoms with Gasteiger partial charge in [0.2, 0.25) is 6.39 Å². The molecule has 1 aliphatic rings. The Morgan fingerprint density at radius 2 is 2.35 bits per heavy atom. The van der Waals surface area contributed by atoms with Gasteiger partial charge >= 0.3 is 0 Å². The normalized spacial score (nSPS) is 13.5. The van der Waals surface area contributed by atoms with Crippen LogP contribution in [0.4, 0.5) is 5.69 Å². The van der Waals surface area contributed by atoms with Gasteiger partial charge in [-0.25, -0.2) is 0 Å². The van der Waals surface area contributed by atoms with E-state index in [-0.39, 0.29) is 12.5 Å². The molecule has 104 valence electrons. The molecule has 0 saturated heterocycles. The third-order valence-electron chi connectivity index (χ3n) is 2.94. The lowest BCUT2D eigenvalue weighted by Gasteiger charge is -2.18. The van der Waals surface area contributed by atoms with Crippen LogP contribution in [0.15, 0.2) is 29.1 Å². The highest BCUT2D eigenvalue weighted by molar-refractivity contribution is 5.95. The minimum Gasteiger partial charge on any atom is -0.482 e. The molecule has 7 heteroatoms. The van der Waals surface area contributed by atoms with Gasteiger partial charge in [-0.1, -0.05) is 11.2 Å². The zero-order chi connectivity index (χ0) is 13.8. The Kier molecular flexibility index (Phi) is 3.60. The average molecular weight is 274 g/mol. The molecule has 0 spiro atoms. The number of benzene rings is 1. The maximum absolute atomic E-state index is 11.3. The smallest absolute Gasteiger partial charge is 0.262 e. The van der Waals surface area contributed by atoms with Crippen molar-refractivity contribution >= 4 is 11.6 Å². The molecular weight excluding hydrogens is 260 g/mol. The number of amides is 1. The fourth-order valence-corrected chi connectivity index (χ4v) is 1.98. The Balaban J connectivity index is 1.53. The largest absolute Gasteiger partial charge is 0.482 e. The summed E-state index contributed by atoms with van der Waals surface area (Å²) in [4.78, 5) is 15.2. The standard InChI is InChI=1S/C13H14N4O3/c18-13-7-19-11-2-1-9(5-10(11)16-13)6-14-4-3-12-15-8-20-17-12/h1-2,5,8,14H,3-4,6-7H2,(H,16,18). The molecule has 0 unspecified atom stereocenters. The Hall–Kier alpha value is -2.41. The minimum atomic E-state index is -0.125. The number of aromatic nitrogens is 2. The van der Waals surface area contributed by atoms with E-state index >= 15 is 0 Å². The van der Waals surface area contributed by atoms with Crippen LogP contribution in [0.1, 0.15) is 11.4 Å². The number of hydrogen-bond donors (Lipinski definition) is 2. The topological polar surface area (TPSA) is 89.3 Å². The average Bonchev–Trinajstić information content (AvgIpc) is 2.96. The van der Waals surface area contributed by atoms with Gasteiger partial charge in [0.15, 0.2) is 12.4 Å². The lowest BCUT2D eigenvalue weighted by atomic mass is 10.1. The van der Waals surface area contributed by atoms with Crippen molar-refractivity contribution in [2.75, 3.05) is 18.5 Å². The molecule has 0 radical (unpaired) electrons. The van der Waals surface area contributed by atoms with Crippen LogP contribution in [0.3, 0.4) is 0 Å². The van der Waals surface area contributed by atoms with Crippen LogP contribution in [-0.2, 0) is 17.8 Å². The molecule has 0 aliphatic carbocycles. The van der Waals surface area contributed by atoms with Gasteiger partial charge in [-0.2, -0.15) is 4.98 Å². The predicted octanol–water partition coefficient (Wildman–Crippen LogP) is 0.733. The highest BCUT2D eigenvalue weighted by Crippen LogP contribution is 2.28. The molecule has 0 saturated carbocycles. The second kappa shape index (κ2) is 5.70. The summed E-state index contributed by atoms with van der Waals surface area (Å²) in [7, 11) is 0. The molecule has 0 fully saturated rings. The van der Waals surface area contributed by atoms with Gasteiger partial charge in [-0.05, 0) is 17.7 Å². The highest BCUT2D eigenvalue weighted by Gasteiger charge is 2.15. The van der Waals surface area contributed by atoms with Crippen molar-refractivity contribution in [2.45, 2.75) is 13.0 Å². The number of carbonyl (C=O) groups excluding carboxylic acids is 1. The van der Waals surface area contributed by atoms with E-state index in [1.54, 1.807) is 0 Å². The Morgan fingerprint density at radius 3 is 3.20 bits per heavy atom. The molecule has 0 bridgehead atoms. The summed E-state index contributed by atoms with van der Waals surface area (Å²) in [6.07, 6.45) is 2.03. The third-order valence-corrected chi connectivity index (χ3v) is 2.94. The third kappa shape index (κ3) is 2.94. The first-order chi connectivity index (χ1) is 9.81. The summed E-state index contributed by atoms with van der Waals surface area (Å²) >= 11 is 0. The molecule has 1 amide bonds. The second-order valence-corrected chi connectivity index (χ2v) is 4.44. The minimum absolute atomic E-state index is 0.0787. The van der Waals surface area contributed by atoms with E-state index in [4.69, 9.17) is 4.74 Å². The van der Waals surface area contributed by atoms with Crippen LogP contribution in [0, 0.1) is 0 Å². The SMILES string of the molecule is O=C1COc2ccc(CNCCc3ncon3)cc2N1. The first kappa shape index (κ1) is 12.6. The summed E-state index contributed by atoms with van der Waals surface area (Å²) in [5.74, 6) is 1.27. The molecule has 1 aromatic heterocycles. The maximum atomic E-state index is 11.3. The van der Waals surface area contributed by atoms with Gasteiger partial charge in [-0.15, -0.1) is 0 Å². The molecule has 20 heavy (non-hydrogen) atoms. The summed E-state index contributed by atoms with van der Waals surface area (Å²) in [5.41, 5.74) is 1.79. The lowest BCUT2D eigenvalue weighted by molar-refractivity contribution is -0.118. The van der Waals surface area contributed by atoms with Gasteiger partial charge in [0.1, 0.15) is 5.75 Å². The lowest BCUT2D eigenvalue weighted by Crippen LogP contribution is -2.25. The molecule has 2 N–H and O–H groups in total. The number of ether oxygens (including phenoxy) is 1. The number of rotatable bonds is 5. The number of nitrogens with one attached hydrogen (secondary N) is 2. The van der Waals surface area contributed by atoms with E-state index < -0.39 is 0 Å². The van der Waals surface area contributed by atoms with Crippen molar-refractivity contribution < 1.29 is 14.1 Å². The van der Waals surface area contributed by atoms with Crippen LogP contribution in [0.5, 0.6) is 5.75 Å². The summed E-state index contributed by atoms with van der Waals surface area (Å²) < 4.78 is 9.97. The van der Waals surface area contributed by atoms with Crippen molar-refractivity contribution in [1.82, 2.24) is 15.5 Å². The zero-order valence-electron chi connectivity index (χ0n) is 10.8. The Morgan fingerprint density at radius 1 is 1.40 bits per heavy atom. The summed E-state index contributed by atoms with van der Waals surface area (Å²) in [6, 6.07) is 5.75. The number of hydrogen-bond acceptors (Lipinski definition) is 6. The van der Waals surface area contributed by atoms with Crippen molar-refractivity contribution in [3.8, 4) is 5.75 Å². The van der Waals surface area contributed by atoms with Gasteiger partial charge in [0.05, 0.1) is 5.69 Å². The van der Waals surface area contributed by atoms with Crippen molar-refractivity contribution in [3.63, 3.8) is 0 Å². The van der Waals surface area contributed by atoms with Crippen LogP contribution >= 0.6 is 0 Å². The molecule has 0 atom stereocenters. The second-order valence-electron chi connectivity index (χ2n) is 4.44. The predicted molar refractivity (Wildman–Crippen MR) is 70.3 cm³/mol. The van der Waals surface area contributed by atoms with Gasteiger partial charge in [0, 0.05) is 19.5 Å². The number of fused-ring (bicyclic) bond motifs is 1. The van der Waals surface area contributed by atoms with Gasteiger partial charge < -0.3 is 19.9 Å². The van der Waals surface area contributed by atoms with Crippen LogP contribution in [-0.4, -0.2) is 29.2 Å².